The number of aliphatic hydroxyl groups is 2. The van der Waals surface area contributed by atoms with E-state index in [0.29, 0.717) is 0 Å². The molecule has 3 rings (SSSR count). The predicted octanol–water partition coefficient (Wildman–Crippen LogP) is -11.7. The van der Waals surface area contributed by atoms with Gasteiger partial charge in [-0.1, -0.05) is 48.9 Å². The van der Waals surface area contributed by atoms with Crippen LogP contribution in [0.5, 0.6) is 0 Å². The number of hydrogen-bond acceptors (Lipinski definition) is 13. The molecule has 2 aromatic carbocycles. The second-order valence-corrected chi connectivity index (χ2v) is 12.1. The Labute approximate surface area is 356 Å². The van der Waals surface area contributed by atoms with Gasteiger partial charge in [-0.3, -0.25) is 9.59 Å². The van der Waals surface area contributed by atoms with Crippen LogP contribution in [-0.4, -0.2) is 96.3 Å². The molecule has 2 aromatic rings. The van der Waals surface area contributed by atoms with Gasteiger partial charge in [0, 0.05) is 37.5 Å². The van der Waals surface area contributed by atoms with Crippen LogP contribution >= 0.6 is 0 Å². The zero-order valence-electron chi connectivity index (χ0n) is 28.3. The number of aliphatic hydroxyl groups excluding tert-OH is 2. The summed E-state index contributed by atoms with van der Waals surface area (Å²) < 4.78 is 47.8. The Bertz CT molecular complexity index is 1510. The van der Waals surface area contributed by atoms with Gasteiger partial charge in [0.15, 0.2) is 10.3 Å². The Balaban J connectivity index is 0.00000800. The van der Waals surface area contributed by atoms with Crippen molar-refractivity contribution in [2.45, 2.75) is 75.2 Å². The summed E-state index contributed by atoms with van der Waals surface area (Å²) >= 11 is 0. The summed E-state index contributed by atoms with van der Waals surface area (Å²) in [5.41, 5.74) is 1.98. The van der Waals surface area contributed by atoms with Crippen LogP contribution < -0.4 is 114 Å². The van der Waals surface area contributed by atoms with Crippen LogP contribution in [0.1, 0.15) is 49.4 Å². The maximum Gasteiger partial charge on any atom is 1.00 e. The molecule has 0 unspecified atom stereocenters. The number of aliphatic carboxylic acids is 2. The van der Waals surface area contributed by atoms with Crippen LogP contribution in [0.4, 0.5) is 0 Å². The van der Waals surface area contributed by atoms with E-state index in [2.05, 4.69) is 10.6 Å². The van der Waals surface area contributed by atoms with Gasteiger partial charge in [-0.05, 0) is 42.5 Å². The van der Waals surface area contributed by atoms with Crippen molar-refractivity contribution in [3.05, 3.63) is 60.2 Å². The van der Waals surface area contributed by atoms with Crippen molar-refractivity contribution in [2.75, 3.05) is 13.2 Å². The van der Waals surface area contributed by atoms with Gasteiger partial charge in [0.2, 0.25) is 11.7 Å². The number of unbranched alkanes of at least 4 members (excludes halogenated alkanes) is 2. The summed E-state index contributed by atoms with van der Waals surface area (Å²) in [6, 6.07) is 12.5. The van der Waals surface area contributed by atoms with Crippen molar-refractivity contribution in [3.63, 3.8) is 0 Å². The molecule has 20 heteroatoms. The molecule has 6 atom stereocenters. The second-order valence-electron chi connectivity index (χ2n) is 11.0. The molecule has 0 aliphatic carbocycles. The van der Waals surface area contributed by atoms with Crippen LogP contribution in [0.15, 0.2) is 54.6 Å². The van der Waals surface area contributed by atoms with E-state index in [-0.39, 0.29) is 127 Å². The van der Waals surface area contributed by atoms with Crippen LogP contribution in [0.2, 0.25) is 0 Å². The van der Waals surface area contributed by atoms with E-state index in [0.717, 1.165) is 18.1 Å². The molecular formula is C30H36N3Na3O13S. The molecule has 1 heterocycles. The summed E-state index contributed by atoms with van der Waals surface area (Å²) in [5, 5.41) is 49.7. The van der Waals surface area contributed by atoms with Crippen LogP contribution in [0.25, 0.3) is 11.1 Å². The molecule has 1 saturated heterocycles. The Kier molecular flexibility index (Phi) is 22.5. The van der Waals surface area contributed by atoms with Gasteiger partial charge >= 0.3 is 88.7 Å². The molecule has 0 aromatic heterocycles. The molecule has 1 fully saturated rings. The van der Waals surface area contributed by atoms with E-state index in [1.54, 1.807) is 29.0 Å². The maximum atomic E-state index is 12.8. The summed E-state index contributed by atoms with van der Waals surface area (Å²) in [6.45, 7) is 0.0471. The van der Waals surface area contributed by atoms with Gasteiger partial charge in [0.25, 0.3) is 5.91 Å². The minimum atomic E-state index is -5.29. The first-order chi connectivity index (χ1) is 22.1. The van der Waals surface area contributed by atoms with E-state index in [1.165, 1.54) is 0 Å². The van der Waals surface area contributed by atoms with Gasteiger partial charge in [-0.2, -0.15) is 0 Å². The number of nitrogens with one attached hydrogen (secondary N) is 3. The first kappa shape index (κ1) is 49.0. The number of hydrogen-bond donors (Lipinski definition) is 5. The number of amides is 2. The fourth-order valence-corrected chi connectivity index (χ4v) is 5.74. The smallest absolute Gasteiger partial charge is 0.735 e. The standard InChI is InChI=1S/C30H39N3O13S.3Na/c1-18(34)32-25-22(33-47(42,43)44)16-30(29(40)41,45-15-7-3-6-10-24(36)37)46-27(25)26(38)23(35)17-31-28(39)21-13-11-20(12-14-21)19-8-4-2-5-9-19;;;/h2,4-5,8-9,11-14,22-23,25-27,33,35,38H,3,6-7,10,15-17H2,1H3,(H,31,39)(H,32,34)(H,36,37)(H,40,41)(H,42,43,44);;;/q;3*+1/p-3/t22-,23+,25+,26+,27+,30+;;;/m0.../s1. The zero-order chi connectivity index (χ0) is 34.8. The average molecular weight is 748 g/mol. The molecule has 2 amide bonds. The summed E-state index contributed by atoms with van der Waals surface area (Å²) in [4.78, 5) is 47.8. The van der Waals surface area contributed by atoms with Gasteiger partial charge in [-0.15, -0.1) is 0 Å². The van der Waals surface area contributed by atoms with Crippen molar-refractivity contribution in [2.24, 2.45) is 0 Å². The molecule has 0 spiro atoms. The zero-order valence-corrected chi connectivity index (χ0v) is 35.1. The van der Waals surface area contributed by atoms with Crippen LogP contribution in [0.3, 0.4) is 0 Å². The molecule has 1 aliphatic rings. The largest absolute Gasteiger partial charge is 1.00 e. The summed E-state index contributed by atoms with van der Waals surface area (Å²) in [5.74, 6) is -7.52. The first-order valence-corrected chi connectivity index (χ1v) is 16.1. The van der Waals surface area contributed by atoms with E-state index >= 15 is 0 Å². The van der Waals surface area contributed by atoms with Gasteiger partial charge in [0.05, 0.1) is 18.8 Å². The maximum absolute atomic E-state index is 12.8. The Morgan fingerprint density at radius 1 is 0.960 bits per heavy atom. The topological polar surface area (TPSA) is 267 Å². The van der Waals surface area contributed by atoms with Crippen molar-refractivity contribution in [1.29, 1.82) is 0 Å². The molecule has 0 bridgehead atoms. The molecule has 1 aliphatic heterocycles. The number of benzene rings is 2. The average Bonchev–Trinajstić information content (AvgIpc) is 3.01. The minimum absolute atomic E-state index is 0. The molecule has 5 N–H and O–H groups in total. The van der Waals surface area contributed by atoms with E-state index in [4.69, 9.17) is 9.47 Å². The van der Waals surface area contributed by atoms with E-state index in [9.17, 15) is 52.6 Å². The number of rotatable bonds is 17. The Morgan fingerprint density at radius 3 is 2.10 bits per heavy atom. The molecule has 16 nitrogen and oxygen atoms in total. The third kappa shape index (κ3) is 15.2. The quantitative estimate of drug-likeness (QED) is 0.0573. The van der Waals surface area contributed by atoms with Crippen molar-refractivity contribution < 1.29 is 151 Å². The number of carboxylic acid groups (broad SMARTS) is 2. The van der Waals surface area contributed by atoms with Crippen LogP contribution in [0, 0.1) is 0 Å². The molecule has 50 heavy (non-hydrogen) atoms. The van der Waals surface area contributed by atoms with Crippen LogP contribution in [-0.2, 0) is 34.2 Å². The molecule has 258 valence electrons. The van der Waals surface area contributed by atoms with Crippen molar-refractivity contribution in [3.8, 4) is 11.1 Å². The summed E-state index contributed by atoms with van der Waals surface area (Å²) in [7, 11) is -5.29. The number of carboxylic acids is 2. The third-order valence-electron chi connectivity index (χ3n) is 7.40. The summed E-state index contributed by atoms with van der Waals surface area (Å²) in [6.07, 6.45) is -6.50. The fourth-order valence-electron chi connectivity index (χ4n) is 5.14. The first-order valence-electron chi connectivity index (χ1n) is 14.6. The number of carbonyl (C=O) groups excluding carboxylic acids is 4. The number of carbonyl (C=O) groups is 4. The number of ether oxygens (including phenoxy) is 2. The minimum Gasteiger partial charge on any atom is -0.735 e. The van der Waals surface area contributed by atoms with E-state index < -0.39 is 83.2 Å². The SMILES string of the molecule is CC(=O)N[C@H]1[C@H]([C@H](O)[C@H](O)CNC(=O)c2ccc(-c3ccccc3)cc2)O[C@@](OCCCCCC(=O)[O-])(C(=O)[O-])C[C@@H]1NS(=O)(=O)[O-].[Na+].[Na+].[Na+]. The Morgan fingerprint density at radius 2 is 1.56 bits per heavy atom. The normalized spacial score (nSPS) is 21.2. The van der Waals surface area contributed by atoms with Gasteiger partial charge < -0.3 is 54.7 Å². The molecule has 0 saturated carbocycles. The van der Waals surface area contributed by atoms with Gasteiger partial charge in [-0.25, -0.2) is 13.1 Å². The Hall–Kier alpha value is -0.970. The molecular weight excluding hydrogens is 711 g/mol. The monoisotopic (exact) mass is 747 g/mol. The van der Waals surface area contributed by atoms with Crippen molar-refractivity contribution >= 4 is 34.1 Å². The molecule has 0 radical (unpaired) electrons. The predicted molar refractivity (Wildman–Crippen MR) is 157 cm³/mol. The fraction of sp³-hybridized carbons (Fsp3) is 0.467. The van der Waals surface area contributed by atoms with Gasteiger partial charge in [0.1, 0.15) is 18.2 Å². The second kappa shape index (κ2) is 23.0. The third-order valence-corrected chi connectivity index (χ3v) is 7.99. The van der Waals surface area contributed by atoms with E-state index in [1.807, 2.05) is 30.3 Å². The van der Waals surface area contributed by atoms with Crippen molar-refractivity contribution in [1.82, 2.24) is 15.4 Å².